The van der Waals surface area contributed by atoms with Crippen molar-refractivity contribution in [1.29, 1.82) is 0 Å². The Bertz CT molecular complexity index is 377. The van der Waals surface area contributed by atoms with Crippen LogP contribution in [0.3, 0.4) is 0 Å². The molecule has 0 spiro atoms. The minimum atomic E-state index is -0.475. The van der Waals surface area contributed by atoms with Gasteiger partial charge in [0.15, 0.2) is 0 Å². The zero-order valence-electron chi connectivity index (χ0n) is 8.90. The molecule has 1 aliphatic rings. The van der Waals surface area contributed by atoms with Crippen molar-refractivity contribution in [3.63, 3.8) is 0 Å². The number of rotatable bonds is 3. The third-order valence-corrected chi connectivity index (χ3v) is 3.31. The molecule has 1 fully saturated rings. The molecule has 1 unspecified atom stereocenters. The summed E-state index contributed by atoms with van der Waals surface area (Å²) in [5.41, 5.74) is 1.21. The number of hydrogen-bond acceptors (Lipinski definition) is 2. The smallest absolute Gasteiger partial charge is 0.225 e. The lowest BCUT2D eigenvalue weighted by atomic mass is 10.1. The highest BCUT2D eigenvalue weighted by atomic mass is 79.9. The zero-order valence-corrected chi connectivity index (χ0v) is 10.5. The Morgan fingerprint density at radius 2 is 2.06 bits per heavy atom. The number of halogens is 1. The molecule has 86 valence electrons. The van der Waals surface area contributed by atoms with Gasteiger partial charge in [0.1, 0.15) is 0 Å². The molecule has 1 amide bonds. The second-order valence-electron chi connectivity index (χ2n) is 4.07. The number of aliphatic hydroxyl groups excluding tert-OH is 1. The molecule has 1 atom stereocenters. The lowest BCUT2D eigenvalue weighted by molar-refractivity contribution is -0.127. The van der Waals surface area contributed by atoms with Gasteiger partial charge in [0.25, 0.3) is 0 Å². The summed E-state index contributed by atoms with van der Waals surface area (Å²) in [4.78, 5) is 13.1. The Morgan fingerprint density at radius 1 is 1.38 bits per heavy atom. The van der Waals surface area contributed by atoms with Crippen molar-refractivity contribution in [2.24, 2.45) is 0 Å². The summed E-state index contributed by atoms with van der Waals surface area (Å²) < 4.78 is 1.06. The van der Waals surface area contributed by atoms with Crippen LogP contribution in [0.5, 0.6) is 0 Å². The SMILES string of the molecule is O=C1CC(O)CN1CCc1ccc(Br)cc1. The van der Waals surface area contributed by atoms with Crippen LogP contribution in [0.4, 0.5) is 0 Å². The average Bonchev–Trinajstić information content (AvgIpc) is 2.57. The lowest BCUT2D eigenvalue weighted by Gasteiger charge is -2.15. The van der Waals surface area contributed by atoms with E-state index in [1.165, 1.54) is 5.56 Å². The van der Waals surface area contributed by atoms with Gasteiger partial charge in [0.2, 0.25) is 5.91 Å². The van der Waals surface area contributed by atoms with Crippen LogP contribution >= 0.6 is 15.9 Å². The van der Waals surface area contributed by atoms with Crippen molar-refractivity contribution in [3.05, 3.63) is 34.3 Å². The van der Waals surface area contributed by atoms with Gasteiger partial charge in [-0.15, -0.1) is 0 Å². The van der Waals surface area contributed by atoms with E-state index in [0.29, 0.717) is 13.1 Å². The summed E-state index contributed by atoms with van der Waals surface area (Å²) in [6.45, 7) is 1.17. The van der Waals surface area contributed by atoms with Crippen molar-refractivity contribution in [1.82, 2.24) is 4.90 Å². The predicted molar refractivity (Wildman–Crippen MR) is 65.0 cm³/mol. The van der Waals surface area contributed by atoms with Crippen molar-refractivity contribution in [2.75, 3.05) is 13.1 Å². The topological polar surface area (TPSA) is 40.5 Å². The predicted octanol–water partition coefficient (Wildman–Crippen LogP) is 1.58. The van der Waals surface area contributed by atoms with E-state index in [2.05, 4.69) is 15.9 Å². The van der Waals surface area contributed by atoms with Crippen LogP contribution < -0.4 is 0 Å². The first-order valence-corrected chi connectivity index (χ1v) is 6.15. The molecule has 2 rings (SSSR count). The van der Waals surface area contributed by atoms with Gasteiger partial charge >= 0.3 is 0 Å². The summed E-state index contributed by atoms with van der Waals surface area (Å²) in [6, 6.07) is 8.08. The second kappa shape index (κ2) is 4.97. The fourth-order valence-corrected chi connectivity index (χ4v) is 2.15. The fourth-order valence-electron chi connectivity index (χ4n) is 1.88. The zero-order chi connectivity index (χ0) is 11.5. The number of likely N-dealkylation sites (tertiary alicyclic amines) is 1. The molecule has 0 aliphatic carbocycles. The van der Waals surface area contributed by atoms with Crippen LogP contribution in [0, 0.1) is 0 Å². The van der Waals surface area contributed by atoms with Gasteiger partial charge in [-0.2, -0.15) is 0 Å². The Labute approximate surface area is 103 Å². The maximum Gasteiger partial charge on any atom is 0.225 e. The molecule has 16 heavy (non-hydrogen) atoms. The first kappa shape index (κ1) is 11.6. The molecule has 1 aromatic carbocycles. The molecule has 1 aliphatic heterocycles. The van der Waals surface area contributed by atoms with Crippen molar-refractivity contribution in [2.45, 2.75) is 18.9 Å². The van der Waals surface area contributed by atoms with E-state index in [4.69, 9.17) is 0 Å². The van der Waals surface area contributed by atoms with E-state index < -0.39 is 6.10 Å². The lowest BCUT2D eigenvalue weighted by Crippen LogP contribution is -2.28. The first-order chi connectivity index (χ1) is 7.65. The Balaban J connectivity index is 1.88. The van der Waals surface area contributed by atoms with E-state index in [-0.39, 0.29) is 12.3 Å². The molecule has 1 saturated heterocycles. The number of benzene rings is 1. The van der Waals surface area contributed by atoms with E-state index in [0.717, 1.165) is 10.9 Å². The van der Waals surface area contributed by atoms with Crippen molar-refractivity contribution in [3.8, 4) is 0 Å². The highest BCUT2D eigenvalue weighted by Crippen LogP contribution is 2.14. The molecule has 0 saturated carbocycles. The summed E-state index contributed by atoms with van der Waals surface area (Å²) in [5.74, 6) is 0.0598. The van der Waals surface area contributed by atoms with Crippen molar-refractivity contribution >= 4 is 21.8 Å². The van der Waals surface area contributed by atoms with Crippen LogP contribution in [-0.4, -0.2) is 35.1 Å². The Morgan fingerprint density at radius 3 is 2.62 bits per heavy atom. The van der Waals surface area contributed by atoms with Gasteiger partial charge in [0, 0.05) is 17.6 Å². The standard InChI is InChI=1S/C12H14BrNO2/c13-10-3-1-9(2-4-10)5-6-14-8-11(15)7-12(14)16/h1-4,11,15H,5-8H2. The number of β-amino-alcohol motifs (C(OH)–C–C–N with tert-alkyl or cyclic N) is 1. The highest BCUT2D eigenvalue weighted by molar-refractivity contribution is 9.10. The maximum absolute atomic E-state index is 11.4. The average molecular weight is 284 g/mol. The van der Waals surface area contributed by atoms with Crippen LogP contribution in [0.1, 0.15) is 12.0 Å². The summed E-state index contributed by atoms with van der Waals surface area (Å²) >= 11 is 3.38. The fraction of sp³-hybridized carbons (Fsp3) is 0.417. The van der Waals surface area contributed by atoms with Crippen LogP contribution in [0.25, 0.3) is 0 Å². The normalized spacial score (nSPS) is 20.5. The van der Waals surface area contributed by atoms with Gasteiger partial charge in [-0.05, 0) is 24.1 Å². The largest absolute Gasteiger partial charge is 0.391 e. The van der Waals surface area contributed by atoms with E-state index in [1.54, 1.807) is 4.90 Å². The van der Waals surface area contributed by atoms with E-state index in [1.807, 2.05) is 24.3 Å². The van der Waals surface area contributed by atoms with Crippen LogP contribution in [0.2, 0.25) is 0 Å². The molecule has 4 heteroatoms. The molecular weight excluding hydrogens is 270 g/mol. The van der Waals surface area contributed by atoms with Gasteiger partial charge < -0.3 is 10.0 Å². The summed E-state index contributed by atoms with van der Waals surface area (Å²) in [5, 5.41) is 9.33. The third kappa shape index (κ3) is 2.83. The Hall–Kier alpha value is -0.870. The third-order valence-electron chi connectivity index (χ3n) is 2.78. The molecular formula is C12H14BrNO2. The molecule has 1 heterocycles. The Kier molecular flexibility index (Phi) is 3.61. The van der Waals surface area contributed by atoms with E-state index >= 15 is 0 Å². The number of nitrogens with zero attached hydrogens (tertiary/aromatic N) is 1. The van der Waals surface area contributed by atoms with E-state index in [9.17, 15) is 9.90 Å². The highest BCUT2D eigenvalue weighted by Gasteiger charge is 2.27. The molecule has 1 N–H and O–H groups in total. The summed E-state index contributed by atoms with van der Waals surface area (Å²) in [6.07, 6.45) is 0.643. The number of carbonyl (C=O) groups is 1. The van der Waals surface area contributed by atoms with Gasteiger partial charge in [-0.1, -0.05) is 28.1 Å². The molecule has 1 aromatic rings. The van der Waals surface area contributed by atoms with Crippen LogP contribution in [-0.2, 0) is 11.2 Å². The minimum absolute atomic E-state index is 0.0598. The monoisotopic (exact) mass is 283 g/mol. The van der Waals surface area contributed by atoms with Gasteiger partial charge in [0.05, 0.1) is 12.5 Å². The van der Waals surface area contributed by atoms with Crippen LogP contribution in [0.15, 0.2) is 28.7 Å². The van der Waals surface area contributed by atoms with Gasteiger partial charge in [-0.3, -0.25) is 4.79 Å². The van der Waals surface area contributed by atoms with Crippen molar-refractivity contribution < 1.29 is 9.90 Å². The van der Waals surface area contributed by atoms with Gasteiger partial charge in [-0.25, -0.2) is 0 Å². The second-order valence-corrected chi connectivity index (χ2v) is 4.99. The molecule has 3 nitrogen and oxygen atoms in total. The maximum atomic E-state index is 11.4. The number of amides is 1. The first-order valence-electron chi connectivity index (χ1n) is 5.35. The molecule has 0 radical (unpaired) electrons. The summed E-state index contributed by atoms with van der Waals surface area (Å²) in [7, 11) is 0. The minimum Gasteiger partial charge on any atom is -0.391 e. The number of carbonyl (C=O) groups excluding carboxylic acids is 1. The molecule has 0 aromatic heterocycles. The quantitative estimate of drug-likeness (QED) is 0.915. The number of aliphatic hydroxyl groups is 1. The molecule has 0 bridgehead atoms. The number of hydrogen-bond donors (Lipinski definition) is 1.